The summed E-state index contributed by atoms with van der Waals surface area (Å²) in [5, 5.41) is 6.81. The first-order chi connectivity index (χ1) is 10.1. The Balaban J connectivity index is 2.34. The molecule has 0 aliphatic carbocycles. The van der Waals surface area contributed by atoms with Gasteiger partial charge in [-0.15, -0.1) is 0 Å². The molecule has 124 valence electrons. The van der Waals surface area contributed by atoms with Crippen LogP contribution in [0.1, 0.15) is 46.5 Å². The van der Waals surface area contributed by atoms with Gasteiger partial charge in [-0.3, -0.25) is 4.99 Å². The molecule has 0 saturated carbocycles. The molecule has 21 heavy (non-hydrogen) atoms. The van der Waals surface area contributed by atoms with E-state index >= 15 is 0 Å². The minimum Gasteiger partial charge on any atom is -0.357 e. The fourth-order valence-electron chi connectivity index (χ4n) is 2.37. The van der Waals surface area contributed by atoms with E-state index < -0.39 is 0 Å². The van der Waals surface area contributed by atoms with Crippen LogP contribution in [0.5, 0.6) is 0 Å². The van der Waals surface area contributed by atoms with Gasteiger partial charge in [-0.2, -0.15) is 11.8 Å². The normalized spacial score (nSPS) is 18.4. The summed E-state index contributed by atoms with van der Waals surface area (Å²) >= 11 is 1.87. The van der Waals surface area contributed by atoms with Gasteiger partial charge in [0, 0.05) is 24.4 Å². The van der Waals surface area contributed by atoms with E-state index in [4.69, 9.17) is 4.99 Å². The molecule has 0 aromatic carbocycles. The number of nitrogens with one attached hydrogen (secondary N) is 2. The smallest absolute Gasteiger partial charge is 0.191 e. The molecule has 1 aliphatic heterocycles. The van der Waals surface area contributed by atoms with Crippen molar-refractivity contribution in [1.82, 2.24) is 15.5 Å². The zero-order valence-corrected chi connectivity index (χ0v) is 15.2. The molecule has 0 spiro atoms. The maximum atomic E-state index is 4.71. The number of nitrogens with zero attached hydrogens (tertiary/aromatic N) is 2. The predicted octanol–water partition coefficient (Wildman–Crippen LogP) is 2.56. The van der Waals surface area contributed by atoms with Gasteiger partial charge in [0.15, 0.2) is 5.96 Å². The molecule has 1 aliphatic rings. The molecule has 0 radical (unpaired) electrons. The zero-order chi connectivity index (χ0) is 15.6. The van der Waals surface area contributed by atoms with Crippen LogP contribution in [0.15, 0.2) is 4.99 Å². The van der Waals surface area contributed by atoms with Gasteiger partial charge in [-0.05, 0) is 53.0 Å². The van der Waals surface area contributed by atoms with Crippen LogP contribution >= 0.6 is 11.8 Å². The number of aliphatic imine (C=N–C) groups is 1. The van der Waals surface area contributed by atoms with Gasteiger partial charge >= 0.3 is 0 Å². The highest BCUT2D eigenvalue weighted by molar-refractivity contribution is 7.99. The maximum absolute atomic E-state index is 4.71. The van der Waals surface area contributed by atoms with Crippen molar-refractivity contribution in [2.24, 2.45) is 4.99 Å². The van der Waals surface area contributed by atoms with Crippen molar-refractivity contribution in [1.29, 1.82) is 0 Å². The van der Waals surface area contributed by atoms with Crippen LogP contribution in [0.2, 0.25) is 0 Å². The molecule has 1 saturated heterocycles. The third-order valence-electron chi connectivity index (χ3n) is 3.93. The summed E-state index contributed by atoms with van der Waals surface area (Å²) in [5.41, 5.74) is 0. The Labute approximate surface area is 135 Å². The molecule has 5 heteroatoms. The lowest BCUT2D eigenvalue weighted by Gasteiger charge is -2.22. The molecule has 0 bridgehead atoms. The van der Waals surface area contributed by atoms with Gasteiger partial charge in [0.05, 0.1) is 6.54 Å². The Morgan fingerprint density at radius 2 is 1.81 bits per heavy atom. The van der Waals surface area contributed by atoms with Crippen LogP contribution in [-0.2, 0) is 0 Å². The van der Waals surface area contributed by atoms with Gasteiger partial charge in [0.1, 0.15) is 0 Å². The molecule has 1 heterocycles. The summed E-state index contributed by atoms with van der Waals surface area (Å²) in [6.45, 7) is 13.0. The second-order valence-electron chi connectivity index (χ2n) is 6.34. The number of likely N-dealkylation sites (tertiary alicyclic amines) is 1. The zero-order valence-electron chi connectivity index (χ0n) is 14.4. The second kappa shape index (κ2) is 10.3. The number of thioether (sulfide) groups is 1. The Morgan fingerprint density at radius 3 is 2.38 bits per heavy atom. The van der Waals surface area contributed by atoms with Crippen molar-refractivity contribution in [2.75, 3.05) is 45.5 Å². The standard InChI is InChI=1S/C16H34N4S/c1-5-17-15(19-14-16(2,3)21-4)18-10-13-20-11-8-6-7-9-12-20/h5-14H2,1-4H3,(H2,17,18,19). The Hall–Kier alpha value is -0.420. The Bertz CT molecular complexity index is 297. The number of rotatable bonds is 7. The highest BCUT2D eigenvalue weighted by atomic mass is 32.2. The van der Waals surface area contributed by atoms with Gasteiger partial charge in [-0.1, -0.05) is 12.8 Å². The maximum Gasteiger partial charge on any atom is 0.191 e. The average molecular weight is 315 g/mol. The summed E-state index contributed by atoms with van der Waals surface area (Å²) in [6.07, 6.45) is 7.66. The molecule has 0 unspecified atom stereocenters. The lowest BCUT2D eigenvalue weighted by molar-refractivity contribution is 0.289. The van der Waals surface area contributed by atoms with Gasteiger partial charge < -0.3 is 15.5 Å². The van der Waals surface area contributed by atoms with E-state index in [1.807, 2.05) is 11.8 Å². The molecule has 0 amide bonds. The Morgan fingerprint density at radius 1 is 1.14 bits per heavy atom. The van der Waals surface area contributed by atoms with Crippen LogP contribution < -0.4 is 10.6 Å². The third-order valence-corrected chi connectivity index (χ3v) is 5.17. The molecule has 0 atom stereocenters. The fraction of sp³-hybridized carbons (Fsp3) is 0.938. The van der Waals surface area contributed by atoms with Crippen LogP contribution in [0.3, 0.4) is 0 Å². The van der Waals surface area contributed by atoms with Crippen LogP contribution in [-0.4, -0.2) is 61.1 Å². The van der Waals surface area contributed by atoms with E-state index in [1.165, 1.54) is 38.8 Å². The SMILES string of the molecule is CCNC(=NCC(C)(C)SC)NCCN1CCCCCC1. The van der Waals surface area contributed by atoms with E-state index in [0.29, 0.717) is 0 Å². The first-order valence-corrected chi connectivity index (χ1v) is 9.59. The van der Waals surface area contributed by atoms with Gasteiger partial charge in [0.25, 0.3) is 0 Å². The van der Waals surface area contributed by atoms with Crippen LogP contribution in [0, 0.1) is 0 Å². The third kappa shape index (κ3) is 8.57. The summed E-state index contributed by atoms with van der Waals surface area (Å²) in [7, 11) is 0. The first kappa shape index (κ1) is 18.6. The van der Waals surface area contributed by atoms with Crippen molar-refractivity contribution in [3.8, 4) is 0 Å². The average Bonchev–Trinajstić information content (AvgIpc) is 2.73. The molecule has 0 aromatic heterocycles. The van der Waals surface area contributed by atoms with Crippen molar-refractivity contribution in [3.05, 3.63) is 0 Å². The molecule has 1 fully saturated rings. The van der Waals surface area contributed by atoms with Crippen LogP contribution in [0.25, 0.3) is 0 Å². The van der Waals surface area contributed by atoms with Crippen molar-refractivity contribution in [2.45, 2.75) is 51.2 Å². The molecule has 4 nitrogen and oxygen atoms in total. The lowest BCUT2D eigenvalue weighted by atomic mass is 10.2. The minimum atomic E-state index is 0.202. The molecule has 2 N–H and O–H groups in total. The quantitative estimate of drug-likeness (QED) is 0.560. The summed E-state index contributed by atoms with van der Waals surface area (Å²) in [4.78, 5) is 7.29. The molecule has 1 rings (SSSR count). The number of guanidine groups is 1. The monoisotopic (exact) mass is 314 g/mol. The van der Waals surface area contributed by atoms with Crippen molar-refractivity contribution < 1.29 is 0 Å². The number of hydrogen-bond donors (Lipinski definition) is 2. The van der Waals surface area contributed by atoms with Gasteiger partial charge in [-0.25, -0.2) is 0 Å². The van der Waals surface area contributed by atoms with E-state index in [2.05, 4.69) is 42.6 Å². The van der Waals surface area contributed by atoms with Crippen LogP contribution in [0.4, 0.5) is 0 Å². The molecule has 0 aromatic rings. The highest BCUT2D eigenvalue weighted by Gasteiger charge is 2.15. The van der Waals surface area contributed by atoms with E-state index in [1.54, 1.807) is 0 Å². The lowest BCUT2D eigenvalue weighted by Crippen LogP contribution is -2.42. The predicted molar refractivity (Wildman–Crippen MR) is 96.5 cm³/mol. The van der Waals surface area contributed by atoms with Crippen molar-refractivity contribution in [3.63, 3.8) is 0 Å². The summed E-state index contributed by atoms with van der Waals surface area (Å²) < 4.78 is 0.202. The summed E-state index contributed by atoms with van der Waals surface area (Å²) in [5.74, 6) is 0.953. The second-order valence-corrected chi connectivity index (χ2v) is 7.86. The van der Waals surface area contributed by atoms with E-state index in [9.17, 15) is 0 Å². The number of hydrogen-bond acceptors (Lipinski definition) is 3. The van der Waals surface area contributed by atoms with E-state index in [-0.39, 0.29) is 4.75 Å². The first-order valence-electron chi connectivity index (χ1n) is 8.37. The largest absolute Gasteiger partial charge is 0.357 e. The molecular formula is C16H34N4S. The minimum absolute atomic E-state index is 0.202. The summed E-state index contributed by atoms with van der Waals surface area (Å²) in [6, 6.07) is 0. The highest BCUT2D eigenvalue weighted by Crippen LogP contribution is 2.20. The molecular weight excluding hydrogens is 280 g/mol. The van der Waals surface area contributed by atoms with Crippen molar-refractivity contribution >= 4 is 17.7 Å². The van der Waals surface area contributed by atoms with E-state index in [0.717, 1.165) is 32.1 Å². The fourth-order valence-corrected chi connectivity index (χ4v) is 2.56. The Kier molecular flexibility index (Phi) is 9.16. The van der Waals surface area contributed by atoms with Gasteiger partial charge in [0.2, 0.25) is 0 Å². The topological polar surface area (TPSA) is 39.7 Å².